The van der Waals surface area contributed by atoms with Crippen molar-refractivity contribution in [3.63, 3.8) is 0 Å². The molecule has 0 N–H and O–H groups in total. The van der Waals surface area contributed by atoms with Crippen LogP contribution in [0.3, 0.4) is 0 Å². The number of imide groups is 1. The van der Waals surface area contributed by atoms with Gasteiger partial charge in [0.05, 0.1) is 19.1 Å². The molecular weight excluding hydrogens is 320 g/mol. The molecule has 21 heavy (non-hydrogen) atoms. The van der Waals surface area contributed by atoms with Crippen molar-refractivity contribution in [3.05, 3.63) is 29.3 Å². The summed E-state index contributed by atoms with van der Waals surface area (Å²) in [4.78, 5) is 24.2. The Bertz CT molecular complexity index is 744. The van der Waals surface area contributed by atoms with Gasteiger partial charge < -0.3 is 4.18 Å². The van der Waals surface area contributed by atoms with E-state index < -0.39 is 27.3 Å². The molecule has 0 bridgehead atoms. The van der Waals surface area contributed by atoms with E-state index in [9.17, 15) is 18.0 Å². The smallest absolute Gasteiger partial charge is 0.380 e. The number of para-hydroxylation sites is 1. The largest absolute Gasteiger partial charge is 0.500 e. The van der Waals surface area contributed by atoms with Gasteiger partial charge >= 0.3 is 22.1 Å². The molecule has 0 aliphatic carbocycles. The lowest BCUT2D eigenvalue weighted by atomic mass is 10.3. The second-order valence-electron chi connectivity index (χ2n) is 4.37. The Kier molecular flexibility index (Phi) is 4.02. The van der Waals surface area contributed by atoms with Gasteiger partial charge in [0, 0.05) is 0 Å². The average molecular weight is 332 g/mol. The number of urea groups is 1. The molecule has 1 aliphatic rings. The fourth-order valence-electron chi connectivity index (χ4n) is 1.74. The average Bonchev–Trinajstić information content (AvgIpc) is 2.42. The lowest BCUT2D eigenvalue weighted by molar-refractivity contribution is -0.399. The molecule has 3 amide bonds. The Hall–Kier alpha value is -1.93. The molecule has 0 saturated heterocycles. The SMILES string of the molecule is CN1C(=O)C(S(=O)(=O)Oc2ccccc2Cl)C=[N+](C)C1=O. The molecule has 0 spiro atoms. The van der Waals surface area contributed by atoms with Crippen LogP contribution >= 0.6 is 11.6 Å². The summed E-state index contributed by atoms with van der Waals surface area (Å²) in [5, 5.41) is -1.51. The van der Waals surface area contributed by atoms with E-state index in [4.69, 9.17) is 15.8 Å². The van der Waals surface area contributed by atoms with Crippen molar-refractivity contribution in [1.82, 2.24) is 4.90 Å². The normalized spacial score (nSPS) is 19.5. The Morgan fingerprint density at radius 2 is 1.90 bits per heavy atom. The van der Waals surface area contributed by atoms with E-state index in [-0.39, 0.29) is 10.8 Å². The van der Waals surface area contributed by atoms with Crippen LogP contribution in [-0.4, -0.2) is 55.4 Å². The minimum absolute atomic E-state index is 0.0810. The molecule has 1 heterocycles. The first-order valence-corrected chi connectivity index (χ1v) is 7.66. The standard InChI is InChI=1S/C12H12ClN2O5S/c1-14-7-10(11(16)15(2)12(14)17)21(18,19)20-9-6-4-3-5-8(9)13/h3-7,10H,1-2H3/q+1. The quantitative estimate of drug-likeness (QED) is 0.602. The number of rotatable bonds is 3. The van der Waals surface area contributed by atoms with E-state index in [2.05, 4.69) is 0 Å². The first kappa shape index (κ1) is 15.5. The van der Waals surface area contributed by atoms with Crippen LogP contribution in [0.25, 0.3) is 0 Å². The van der Waals surface area contributed by atoms with Crippen molar-refractivity contribution >= 4 is 39.9 Å². The fourth-order valence-corrected chi connectivity index (χ4v) is 3.20. The Morgan fingerprint density at radius 1 is 1.29 bits per heavy atom. The van der Waals surface area contributed by atoms with Crippen LogP contribution in [0, 0.1) is 0 Å². The highest BCUT2D eigenvalue weighted by Gasteiger charge is 2.47. The van der Waals surface area contributed by atoms with E-state index in [0.29, 0.717) is 0 Å². The maximum absolute atomic E-state index is 12.2. The molecule has 9 heteroatoms. The van der Waals surface area contributed by atoms with Crippen LogP contribution in [0.2, 0.25) is 5.02 Å². The summed E-state index contributed by atoms with van der Waals surface area (Å²) < 4.78 is 30.3. The summed E-state index contributed by atoms with van der Waals surface area (Å²) in [6.07, 6.45) is 0.997. The van der Waals surface area contributed by atoms with E-state index in [1.54, 1.807) is 12.1 Å². The van der Waals surface area contributed by atoms with Gasteiger partial charge in [0.1, 0.15) is 6.21 Å². The molecular formula is C12H12ClN2O5S+. The van der Waals surface area contributed by atoms with Crippen molar-refractivity contribution in [2.24, 2.45) is 0 Å². The molecule has 0 radical (unpaired) electrons. The van der Waals surface area contributed by atoms with Gasteiger partial charge in [-0.3, -0.25) is 0 Å². The van der Waals surface area contributed by atoms with Crippen molar-refractivity contribution < 1.29 is 26.8 Å². The third-order valence-corrected chi connectivity index (χ3v) is 4.54. The van der Waals surface area contributed by atoms with Crippen LogP contribution < -0.4 is 4.18 Å². The molecule has 7 nitrogen and oxygen atoms in total. The van der Waals surface area contributed by atoms with Gasteiger partial charge in [-0.15, -0.1) is 0 Å². The Morgan fingerprint density at radius 3 is 2.52 bits per heavy atom. The minimum atomic E-state index is -4.32. The lowest BCUT2D eigenvalue weighted by Crippen LogP contribution is -2.54. The van der Waals surface area contributed by atoms with E-state index in [0.717, 1.165) is 15.7 Å². The predicted molar refractivity (Wildman–Crippen MR) is 75.2 cm³/mol. The van der Waals surface area contributed by atoms with Crippen LogP contribution in [0.15, 0.2) is 24.3 Å². The summed E-state index contributed by atoms with van der Waals surface area (Å²) >= 11 is 5.83. The van der Waals surface area contributed by atoms with Gasteiger partial charge in [-0.25, -0.2) is 9.37 Å². The molecule has 0 saturated carbocycles. The highest BCUT2D eigenvalue weighted by molar-refractivity contribution is 7.89. The monoisotopic (exact) mass is 331 g/mol. The summed E-state index contributed by atoms with van der Waals surface area (Å²) in [5.41, 5.74) is 0. The lowest BCUT2D eigenvalue weighted by Gasteiger charge is -2.19. The van der Waals surface area contributed by atoms with Crippen LogP contribution in [0.5, 0.6) is 5.75 Å². The van der Waals surface area contributed by atoms with Gasteiger partial charge in [-0.2, -0.15) is 18.1 Å². The number of amides is 3. The van der Waals surface area contributed by atoms with Crippen LogP contribution in [0.1, 0.15) is 0 Å². The zero-order valence-electron chi connectivity index (χ0n) is 11.2. The van der Waals surface area contributed by atoms with Gasteiger partial charge in [-0.1, -0.05) is 23.7 Å². The van der Waals surface area contributed by atoms with E-state index in [1.807, 2.05) is 0 Å². The number of carbonyl (C=O) groups is 2. The highest BCUT2D eigenvalue weighted by atomic mass is 35.5. The highest BCUT2D eigenvalue weighted by Crippen LogP contribution is 2.26. The number of hydrogen-bond acceptors (Lipinski definition) is 5. The minimum Gasteiger partial charge on any atom is -0.380 e. The molecule has 0 aromatic heterocycles. The summed E-state index contributed by atoms with van der Waals surface area (Å²) in [6, 6.07) is 5.36. The van der Waals surface area contributed by atoms with Crippen molar-refractivity contribution in [3.8, 4) is 5.75 Å². The van der Waals surface area contributed by atoms with Gasteiger partial charge in [0.15, 0.2) is 5.75 Å². The summed E-state index contributed by atoms with van der Waals surface area (Å²) in [6.45, 7) is 0. The Labute approximate surface area is 126 Å². The van der Waals surface area contributed by atoms with Crippen molar-refractivity contribution in [1.29, 1.82) is 0 Å². The number of carbonyl (C=O) groups excluding carboxylic acids is 2. The number of hydrogen-bond donors (Lipinski definition) is 0. The van der Waals surface area contributed by atoms with Gasteiger partial charge in [0.2, 0.25) is 0 Å². The Balaban J connectivity index is 2.38. The topological polar surface area (TPSA) is 83.8 Å². The second-order valence-corrected chi connectivity index (χ2v) is 6.43. The molecule has 1 aromatic carbocycles. The number of nitrogens with zero attached hydrogens (tertiary/aromatic N) is 2. The van der Waals surface area contributed by atoms with Crippen molar-refractivity contribution in [2.45, 2.75) is 5.25 Å². The second kappa shape index (κ2) is 5.45. The van der Waals surface area contributed by atoms with E-state index in [1.165, 1.54) is 26.2 Å². The number of halogens is 1. The van der Waals surface area contributed by atoms with Crippen molar-refractivity contribution in [2.75, 3.05) is 14.1 Å². The van der Waals surface area contributed by atoms with Gasteiger partial charge in [-0.05, 0) is 12.1 Å². The third kappa shape index (κ3) is 2.91. The fraction of sp³-hybridized carbons (Fsp3) is 0.250. The third-order valence-electron chi connectivity index (χ3n) is 2.88. The molecule has 2 rings (SSSR count). The van der Waals surface area contributed by atoms with E-state index >= 15 is 0 Å². The zero-order chi connectivity index (χ0) is 15.8. The van der Waals surface area contributed by atoms with Crippen LogP contribution in [-0.2, 0) is 14.9 Å². The number of benzene rings is 1. The predicted octanol–water partition coefficient (Wildman–Crippen LogP) is 0.722. The molecule has 1 aliphatic heterocycles. The molecule has 1 aromatic rings. The first-order valence-electron chi connectivity index (χ1n) is 5.81. The summed E-state index contributed by atoms with van der Waals surface area (Å²) in [7, 11) is -1.77. The molecule has 112 valence electrons. The van der Waals surface area contributed by atoms with Crippen LogP contribution in [0.4, 0.5) is 4.79 Å². The maximum Gasteiger partial charge on any atom is 0.500 e. The molecule has 0 fully saturated rings. The zero-order valence-corrected chi connectivity index (χ0v) is 12.8. The summed E-state index contributed by atoms with van der Waals surface area (Å²) in [5.74, 6) is -0.965. The molecule has 1 unspecified atom stereocenters. The molecule has 1 atom stereocenters. The van der Waals surface area contributed by atoms with Gasteiger partial charge in [0.25, 0.3) is 5.25 Å². The maximum atomic E-state index is 12.2. The first-order chi connectivity index (χ1) is 9.74.